The third-order valence-electron chi connectivity index (χ3n) is 3.44. The Kier molecular flexibility index (Phi) is 4.30. The molecule has 0 unspecified atom stereocenters. The Morgan fingerprint density at radius 2 is 2.20 bits per heavy atom. The molecule has 3 rings (SSSR count). The summed E-state index contributed by atoms with van der Waals surface area (Å²) in [5.74, 6) is 0. The van der Waals surface area contributed by atoms with Gasteiger partial charge in [0.2, 0.25) is 0 Å². The molecule has 0 radical (unpaired) electrons. The van der Waals surface area contributed by atoms with Crippen LogP contribution in [-0.2, 0) is 6.54 Å². The highest BCUT2D eigenvalue weighted by atomic mass is 32.1. The van der Waals surface area contributed by atoms with Crippen LogP contribution < -0.4 is 5.32 Å². The van der Waals surface area contributed by atoms with Crippen molar-refractivity contribution in [2.24, 2.45) is 0 Å². The van der Waals surface area contributed by atoms with Gasteiger partial charge in [0.1, 0.15) is 0 Å². The number of nitrogens with zero attached hydrogens (tertiary/aromatic N) is 2. The van der Waals surface area contributed by atoms with Gasteiger partial charge in [-0.3, -0.25) is 4.90 Å². The second-order valence-corrected chi connectivity index (χ2v) is 6.02. The van der Waals surface area contributed by atoms with E-state index in [0.29, 0.717) is 0 Å². The summed E-state index contributed by atoms with van der Waals surface area (Å²) in [6, 6.07) is 10.1. The molecule has 1 aromatic carbocycles. The van der Waals surface area contributed by atoms with Crippen LogP contribution in [0.25, 0.3) is 0 Å². The summed E-state index contributed by atoms with van der Waals surface area (Å²) >= 11 is 1.62. The maximum Gasteiger partial charge on any atom is 0.187 e. The predicted molar refractivity (Wildman–Crippen MR) is 82.4 cm³/mol. The molecule has 1 saturated heterocycles. The molecule has 4 nitrogen and oxygen atoms in total. The summed E-state index contributed by atoms with van der Waals surface area (Å²) in [6.45, 7) is 2.64. The van der Waals surface area contributed by atoms with Gasteiger partial charge in [0.15, 0.2) is 5.13 Å². The molecule has 2 aromatic rings. The first-order valence-corrected chi connectivity index (χ1v) is 7.84. The average molecular weight is 289 g/mol. The lowest BCUT2D eigenvalue weighted by Gasteiger charge is -2.29. The van der Waals surface area contributed by atoms with E-state index in [1.807, 2.05) is 30.3 Å². The van der Waals surface area contributed by atoms with Crippen molar-refractivity contribution >= 4 is 22.2 Å². The van der Waals surface area contributed by atoms with Gasteiger partial charge in [-0.1, -0.05) is 18.2 Å². The molecule has 0 amide bonds. The number of hydrogen-bond acceptors (Lipinski definition) is 5. The molecule has 1 aliphatic heterocycles. The van der Waals surface area contributed by atoms with Crippen LogP contribution in [0.3, 0.4) is 0 Å². The fourth-order valence-electron chi connectivity index (χ4n) is 2.49. The SMILES string of the molecule is O[C@@H]1CCCN(Cc2csc(Nc3ccccc3)n2)C1. The van der Waals surface area contributed by atoms with Crippen LogP contribution in [-0.4, -0.2) is 34.2 Å². The smallest absolute Gasteiger partial charge is 0.187 e. The number of aliphatic hydroxyl groups is 1. The summed E-state index contributed by atoms with van der Waals surface area (Å²) in [5, 5.41) is 16.0. The monoisotopic (exact) mass is 289 g/mol. The Morgan fingerprint density at radius 1 is 1.35 bits per heavy atom. The fourth-order valence-corrected chi connectivity index (χ4v) is 3.21. The lowest BCUT2D eigenvalue weighted by atomic mass is 10.1. The Labute approximate surface area is 123 Å². The topological polar surface area (TPSA) is 48.4 Å². The van der Waals surface area contributed by atoms with Crippen molar-refractivity contribution in [3.05, 3.63) is 41.4 Å². The molecule has 1 aliphatic rings. The molecule has 2 heterocycles. The number of benzene rings is 1. The summed E-state index contributed by atoms with van der Waals surface area (Å²) in [6.07, 6.45) is 1.82. The van der Waals surface area contributed by atoms with Crippen molar-refractivity contribution in [3.63, 3.8) is 0 Å². The lowest BCUT2D eigenvalue weighted by Crippen LogP contribution is -2.37. The zero-order chi connectivity index (χ0) is 13.8. The average Bonchev–Trinajstić information content (AvgIpc) is 2.87. The number of anilines is 2. The lowest BCUT2D eigenvalue weighted by molar-refractivity contribution is 0.0663. The number of likely N-dealkylation sites (tertiary alicyclic amines) is 1. The molecule has 5 heteroatoms. The number of aliphatic hydroxyl groups excluding tert-OH is 1. The van der Waals surface area contributed by atoms with Gasteiger partial charge < -0.3 is 10.4 Å². The molecule has 106 valence electrons. The van der Waals surface area contributed by atoms with Crippen molar-refractivity contribution in [2.75, 3.05) is 18.4 Å². The quantitative estimate of drug-likeness (QED) is 0.908. The van der Waals surface area contributed by atoms with Gasteiger partial charge in [-0.05, 0) is 31.5 Å². The predicted octanol–water partition coefficient (Wildman–Crippen LogP) is 2.84. The molecular weight excluding hydrogens is 270 g/mol. The molecule has 0 saturated carbocycles. The minimum atomic E-state index is -0.177. The number of thiazole rings is 1. The zero-order valence-corrected chi connectivity index (χ0v) is 12.1. The van der Waals surface area contributed by atoms with Crippen LogP contribution in [0.1, 0.15) is 18.5 Å². The minimum absolute atomic E-state index is 0.177. The van der Waals surface area contributed by atoms with Gasteiger partial charge in [0, 0.05) is 24.2 Å². The zero-order valence-electron chi connectivity index (χ0n) is 11.3. The molecule has 1 atom stereocenters. The molecular formula is C15H19N3OS. The van der Waals surface area contributed by atoms with Gasteiger partial charge in [-0.25, -0.2) is 4.98 Å². The van der Waals surface area contributed by atoms with Gasteiger partial charge >= 0.3 is 0 Å². The van der Waals surface area contributed by atoms with E-state index in [1.165, 1.54) is 0 Å². The Bertz CT molecular complexity index is 543. The Morgan fingerprint density at radius 3 is 3.00 bits per heavy atom. The first kappa shape index (κ1) is 13.5. The number of para-hydroxylation sites is 1. The van der Waals surface area contributed by atoms with E-state index in [4.69, 9.17) is 0 Å². The molecule has 1 aromatic heterocycles. The van der Waals surface area contributed by atoms with Gasteiger partial charge in [-0.2, -0.15) is 0 Å². The van der Waals surface area contributed by atoms with Crippen molar-refractivity contribution in [1.82, 2.24) is 9.88 Å². The number of aromatic nitrogens is 1. The number of piperidine rings is 1. The second kappa shape index (κ2) is 6.35. The van der Waals surface area contributed by atoms with E-state index in [-0.39, 0.29) is 6.10 Å². The largest absolute Gasteiger partial charge is 0.392 e. The maximum absolute atomic E-state index is 9.69. The first-order chi connectivity index (χ1) is 9.79. The van der Waals surface area contributed by atoms with Crippen LogP contribution in [0.2, 0.25) is 0 Å². The van der Waals surface area contributed by atoms with Crippen LogP contribution in [0.15, 0.2) is 35.7 Å². The third-order valence-corrected chi connectivity index (χ3v) is 4.25. The van der Waals surface area contributed by atoms with E-state index in [1.54, 1.807) is 11.3 Å². The standard InChI is InChI=1S/C15H19N3OS/c19-14-7-4-8-18(10-14)9-13-11-20-15(17-13)16-12-5-2-1-3-6-12/h1-3,5-6,11,14,19H,4,7-10H2,(H,16,17)/t14-/m1/s1. The van der Waals surface area contributed by atoms with Crippen LogP contribution in [0.5, 0.6) is 0 Å². The normalized spacial score (nSPS) is 19.9. The molecule has 0 aliphatic carbocycles. The van der Waals surface area contributed by atoms with Crippen LogP contribution in [0, 0.1) is 0 Å². The van der Waals surface area contributed by atoms with E-state index in [0.717, 1.165) is 49.0 Å². The highest BCUT2D eigenvalue weighted by Crippen LogP contribution is 2.22. The fraction of sp³-hybridized carbons (Fsp3) is 0.400. The number of hydrogen-bond donors (Lipinski definition) is 2. The highest BCUT2D eigenvalue weighted by molar-refractivity contribution is 7.13. The summed E-state index contributed by atoms with van der Waals surface area (Å²) in [5.41, 5.74) is 2.13. The first-order valence-electron chi connectivity index (χ1n) is 6.96. The third kappa shape index (κ3) is 3.56. The van der Waals surface area contributed by atoms with Gasteiger partial charge in [0.25, 0.3) is 0 Å². The van der Waals surface area contributed by atoms with Gasteiger partial charge in [-0.15, -0.1) is 11.3 Å². The minimum Gasteiger partial charge on any atom is -0.392 e. The van der Waals surface area contributed by atoms with Crippen molar-refractivity contribution in [2.45, 2.75) is 25.5 Å². The number of β-amino-alcohol motifs (C(OH)–C–C–N with tert-alkyl or cyclic N) is 1. The Hall–Kier alpha value is -1.43. The number of rotatable bonds is 4. The van der Waals surface area contributed by atoms with E-state index < -0.39 is 0 Å². The summed E-state index contributed by atoms with van der Waals surface area (Å²) < 4.78 is 0. The van der Waals surface area contributed by atoms with Gasteiger partial charge in [0.05, 0.1) is 11.8 Å². The van der Waals surface area contributed by atoms with E-state index in [9.17, 15) is 5.11 Å². The van der Waals surface area contributed by atoms with Crippen LogP contribution in [0.4, 0.5) is 10.8 Å². The van der Waals surface area contributed by atoms with Crippen molar-refractivity contribution in [3.8, 4) is 0 Å². The van der Waals surface area contributed by atoms with Crippen molar-refractivity contribution < 1.29 is 5.11 Å². The molecule has 0 spiro atoms. The number of nitrogens with one attached hydrogen (secondary N) is 1. The molecule has 2 N–H and O–H groups in total. The highest BCUT2D eigenvalue weighted by Gasteiger charge is 2.18. The molecule has 20 heavy (non-hydrogen) atoms. The second-order valence-electron chi connectivity index (χ2n) is 5.17. The summed E-state index contributed by atoms with van der Waals surface area (Å²) in [7, 11) is 0. The van der Waals surface area contributed by atoms with E-state index >= 15 is 0 Å². The molecule has 0 bridgehead atoms. The van der Waals surface area contributed by atoms with E-state index in [2.05, 4.69) is 20.6 Å². The van der Waals surface area contributed by atoms with Crippen molar-refractivity contribution in [1.29, 1.82) is 0 Å². The Balaban J connectivity index is 1.59. The molecule has 1 fully saturated rings. The maximum atomic E-state index is 9.69. The van der Waals surface area contributed by atoms with Crippen LogP contribution >= 0.6 is 11.3 Å². The summed E-state index contributed by atoms with van der Waals surface area (Å²) in [4.78, 5) is 6.88.